The van der Waals surface area contributed by atoms with E-state index in [1.54, 1.807) is 66.5 Å². The van der Waals surface area contributed by atoms with Gasteiger partial charge in [-0.3, -0.25) is 9.46 Å². The maximum absolute atomic E-state index is 12.4. The van der Waals surface area contributed by atoms with E-state index in [1.165, 1.54) is 97.5 Å². The molecule has 0 spiro atoms. The van der Waals surface area contributed by atoms with Gasteiger partial charge in [0.05, 0.1) is 11.3 Å². The second-order valence-corrected chi connectivity index (χ2v) is 20.0. The molecule has 1 aliphatic heterocycles. The molecule has 4 aliphatic carbocycles. The first-order valence-electron chi connectivity index (χ1n) is 19.9. The van der Waals surface area contributed by atoms with E-state index in [0.717, 1.165) is 17.7 Å². The maximum atomic E-state index is 12.4. The highest BCUT2D eigenvalue weighted by molar-refractivity contribution is 7.60. The molecule has 5 aliphatic rings. The van der Waals surface area contributed by atoms with Gasteiger partial charge in [-0.2, -0.15) is 0 Å². The summed E-state index contributed by atoms with van der Waals surface area (Å²) in [5.41, 5.74) is 11.3. The summed E-state index contributed by atoms with van der Waals surface area (Å²) in [6.45, 7) is 2.85. The largest absolute Gasteiger partial charge is 0.356 e. The standard InChI is InChI=1S/C50H26NO3P/c1-15-13-16(55(52,53)54)3-4-17(15)50-37-26(14-51(50)2)27-24-11-9-22-20-7-5-18-19-6-8-21-23-10-12-25-35-33(23)41-31(21)29(19)39-28(18)30(20)40-32(22)34(24)42-38(27)44(36(25)37)43(35)49-47(41)45(39)46(40)48(42)49/h3-13,19,21,29,31,50H,14H2,1-2H3,(H2,52,53,54). The Balaban J connectivity index is 1.19. The van der Waals surface area contributed by atoms with Crippen molar-refractivity contribution < 1.29 is 14.4 Å². The third kappa shape index (κ3) is 2.16. The Bertz CT molecular complexity index is 4150. The van der Waals surface area contributed by atoms with Gasteiger partial charge in [0.25, 0.3) is 0 Å². The fraction of sp³-hybridized carbons (Fsp3) is 0.160. The molecule has 13 aromatic carbocycles. The molecule has 55 heavy (non-hydrogen) atoms. The van der Waals surface area contributed by atoms with Crippen molar-refractivity contribution in [1.82, 2.24) is 4.90 Å². The van der Waals surface area contributed by atoms with Crippen molar-refractivity contribution in [2.24, 2.45) is 0 Å². The fourth-order valence-corrected chi connectivity index (χ4v) is 16.2. The summed E-state index contributed by atoms with van der Waals surface area (Å²) in [5.74, 6) is 1.76. The van der Waals surface area contributed by atoms with Crippen molar-refractivity contribution in [3.63, 3.8) is 0 Å². The van der Waals surface area contributed by atoms with E-state index in [2.05, 4.69) is 60.5 Å². The predicted molar refractivity (Wildman–Crippen MR) is 225 cm³/mol. The third-order valence-electron chi connectivity index (χ3n) is 16.8. The first-order chi connectivity index (χ1) is 26.8. The van der Waals surface area contributed by atoms with Gasteiger partial charge in [-0.15, -0.1) is 0 Å². The van der Waals surface area contributed by atoms with Crippen LogP contribution in [0.3, 0.4) is 0 Å². The van der Waals surface area contributed by atoms with Gasteiger partial charge in [0.15, 0.2) is 0 Å². The van der Waals surface area contributed by atoms with E-state index < -0.39 is 7.60 Å². The number of fused-ring (bicyclic) bond motifs is 8. The highest BCUT2D eigenvalue weighted by atomic mass is 31.2. The molecule has 0 saturated heterocycles. The number of hydrogen-bond donors (Lipinski definition) is 2. The minimum Gasteiger partial charge on any atom is -0.321 e. The molecule has 0 fully saturated rings. The van der Waals surface area contributed by atoms with Gasteiger partial charge in [0.2, 0.25) is 0 Å². The highest BCUT2D eigenvalue weighted by Crippen LogP contribution is 2.75. The van der Waals surface area contributed by atoms with Crippen LogP contribution in [0.25, 0.3) is 118 Å². The number of rotatable bonds is 2. The lowest BCUT2D eigenvalue weighted by Crippen LogP contribution is -2.22. The second-order valence-electron chi connectivity index (χ2n) is 18.4. The normalized spacial score (nSPS) is 24.4. The lowest BCUT2D eigenvalue weighted by Gasteiger charge is -2.37. The average Bonchev–Trinajstić information content (AvgIpc) is 4.02. The molecule has 254 valence electrons. The SMILES string of the molecule is Cc1cc(P(=O)(O)O)ccc1C1c2c(c3c4ccc5c6ccc7c8c9c%10c%11c%12c%13c(ccc%14c2c2c3c3c4c5c(c86)c%10c3c%11c2c%13%14)C2C=CC7C9C%122)CN1C. The van der Waals surface area contributed by atoms with Crippen molar-refractivity contribution >= 4 is 131 Å². The average molecular weight is 720 g/mol. The van der Waals surface area contributed by atoms with Crippen LogP contribution in [-0.2, 0) is 11.1 Å². The van der Waals surface area contributed by atoms with Crippen molar-refractivity contribution in [1.29, 1.82) is 0 Å². The van der Waals surface area contributed by atoms with Crippen LogP contribution >= 0.6 is 7.60 Å². The summed E-state index contributed by atoms with van der Waals surface area (Å²) in [6.07, 6.45) is 5.22. The van der Waals surface area contributed by atoms with Gasteiger partial charge in [0.1, 0.15) is 0 Å². The minimum atomic E-state index is -4.38. The molecule has 0 aromatic heterocycles. The third-order valence-corrected chi connectivity index (χ3v) is 17.8. The van der Waals surface area contributed by atoms with E-state index in [4.69, 9.17) is 0 Å². The van der Waals surface area contributed by atoms with E-state index in [-0.39, 0.29) is 11.3 Å². The van der Waals surface area contributed by atoms with Crippen LogP contribution in [0.15, 0.2) is 66.7 Å². The summed E-state index contributed by atoms with van der Waals surface area (Å²) in [5, 5.41) is 33.1. The number of hydrogen-bond acceptors (Lipinski definition) is 2. The minimum absolute atomic E-state index is 0.0381. The van der Waals surface area contributed by atoms with Crippen LogP contribution in [0.4, 0.5) is 0 Å². The summed E-state index contributed by atoms with van der Waals surface area (Å²) >= 11 is 0. The summed E-state index contributed by atoms with van der Waals surface area (Å²) in [4.78, 5) is 22.8. The molecular formula is C50H26NO3P. The molecule has 0 saturated carbocycles. The summed E-state index contributed by atoms with van der Waals surface area (Å²) in [7, 11) is -2.13. The molecule has 0 amide bonds. The van der Waals surface area contributed by atoms with Crippen molar-refractivity contribution in [3.05, 3.63) is 111 Å². The lowest BCUT2D eigenvalue weighted by molar-refractivity contribution is 0.304. The predicted octanol–water partition coefficient (Wildman–Crippen LogP) is 11.5. The first-order valence-corrected chi connectivity index (χ1v) is 21.5. The number of aryl methyl sites for hydroxylation is 1. The van der Waals surface area contributed by atoms with Gasteiger partial charge >= 0.3 is 7.60 Å². The van der Waals surface area contributed by atoms with Crippen LogP contribution in [0, 0.1) is 6.92 Å². The summed E-state index contributed by atoms with van der Waals surface area (Å²) in [6, 6.07) is 20.3. The Kier molecular flexibility index (Phi) is 3.47. The van der Waals surface area contributed by atoms with Crippen LogP contribution in [0.2, 0.25) is 0 Å². The fourth-order valence-electron chi connectivity index (χ4n) is 15.5. The van der Waals surface area contributed by atoms with Crippen LogP contribution in [0.5, 0.6) is 0 Å². The van der Waals surface area contributed by atoms with Crippen molar-refractivity contribution in [3.8, 4) is 0 Å². The molecule has 18 rings (SSSR count). The number of allylic oxidation sites excluding steroid dienone is 2. The maximum Gasteiger partial charge on any atom is 0.356 e. The van der Waals surface area contributed by atoms with Crippen LogP contribution in [-0.4, -0.2) is 21.7 Å². The van der Waals surface area contributed by atoms with Crippen LogP contribution in [0.1, 0.15) is 74.2 Å². The Hall–Kier alpha value is -5.35. The molecule has 2 N–H and O–H groups in total. The topological polar surface area (TPSA) is 60.8 Å². The van der Waals surface area contributed by atoms with Gasteiger partial charge in [-0.25, -0.2) is 0 Å². The molecule has 5 unspecified atom stereocenters. The zero-order valence-corrected chi connectivity index (χ0v) is 30.5. The molecule has 0 radical (unpaired) electrons. The Labute approximate surface area is 311 Å². The summed E-state index contributed by atoms with van der Waals surface area (Å²) < 4.78 is 12.4. The quantitative estimate of drug-likeness (QED) is 0.106. The molecule has 0 bridgehead atoms. The van der Waals surface area contributed by atoms with E-state index in [1.807, 2.05) is 13.0 Å². The Morgan fingerprint density at radius 1 is 0.527 bits per heavy atom. The van der Waals surface area contributed by atoms with Crippen molar-refractivity contribution in [2.75, 3.05) is 7.05 Å². The number of nitrogens with zero attached hydrogens (tertiary/aromatic N) is 1. The molecule has 5 atom stereocenters. The zero-order valence-electron chi connectivity index (χ0n) is 29.6. The lowest BCUT2D eigenvalue weighted by atomic mass is 9.65. The molecule has 1 heterocycles. The molecule has 4 nitrogen and oxygen atoms in total. The highest BCUT2D eigenvalue weighted by Gasteiger charge is 2.54. The van der Waals surface area contributed by atoms with Gasteiger partial charge < -0.3 is 9.79 Å². The van der Waals surface area contributed by atoms with Crippen LogP contribution < -0.4 is 5.30 Å². The van der Waals surface area contributed by atoms with Crippen molar-refractivity contribution in [2.45, 2.75) is 43.2 Å². The first kappa shape index (κ1) is 26.5. The van der Waals surface area contributed by atoms with Gasteiger partial charge in [-0.05, 0) is 189 Å². The molecule has 5 heteroatoms. The second kappa shape index (κ2) is 7.22. The Morgan fingerprint density at radius 3 is 1.67 bits per heavy atom. The molecular weight excluding hydrogens is 694 g/mol. The molecule has 13 aromatic rings. The van der Waals surface area contributed by atoms with E-state index in [0.29, 0.717) is 23.7 Å². The monoisotopic (exact) mass is 719 g/mol. The van der Waals surface area contributed by atoms with E-state index in [9.17, 15) is 14.4 Å². The van der Waals surface area contributed by atoms with Gasteiger partial charge in [0, 0.05) is 30.2 Å². The Morgan fingerprint density at radius 2 is 1.00 bits per heavy atom. The number of benzene rings is 9. The van der Waals surface area contributed by atoms with Gasteiger partial charge in [-0.1, -0.05) is 54.6 Å². The smallest absolute Gasteiger partial charge is 0.321 e. The zero-order chi connectivity index (χ0) is 35.3. The van der Waals surface area contributed by atoms with E-state index >= 15 is 0 Å².